The Balaban J connectivity index is 1.91. The largest absolute Gasteiger partial charge is 0.335 e. The van der Waals surface area contributed by atoms with E-state index in [0.29, 0.717) is 17.5 Å². The molecule has 1 amide bonds. The van der Waals surface area contributed by atoms with E-state index in [9.17, 15) is 13.2 Å². The molecule has 0 spiro atoms. The zero-order chi connectivity index (χ0) is 15.2. The molecule has 0 aliphatic heterocycles. The van der Waals surface area contributed by atoms with Crippen LogP contribution in [0.15, 0.2) is 23.1 Å². The van der Waals surface area contributed by atoms with E-state index < -0.39 is 9.05 Å². The van der Waals surface area contributed by atoms with Crippen LogP contribution < -0.4 is 0 Å². The van der Waals surface area contributed by atoms with Gasteiger partial charge in [-0.1, -0.05) is 6.07 Å². The predicted molar refractivity (Wildman–Crippen MR) is 81.0 cm³/mol. The minimum Gasteiger partial charge on any atom is -0.335 e. The highest BCUT2D eigenvalue weighted by atomic mass is 35.7. The van der Waals surface area contributed by atoms with Gasteiger partial charge in [0.15, 0.2) is 0 Å². The van der Waals surface area contributed by atoms with E-state index in [-0.39, 0.29) is 10.8 Å². The summed E-state index contributed by atoms with van der Waals surface area (Å²) in [5.41, 5.74) is 1.23. The molecule has 2 aliphatic carbocycles. The second-order valence-corrected chi connectivity index (χ2v) is 8.61. The Bertz CT molecular complexity index is 678. The summed E-state index contributed by atoms with van der Waals surface area (Å²) in [6, 6.07) is 4.82. The minimum absolute atomic E-state index is 0.0136. The third-order valence-corrected chi connectivity index (χ3v) is 5.47. The zero-order valence-corrected chi connectivity index (χ0v) is 13.5. The SMILES string of the molecule is Cc1ccc(S(=O)(=O)Cl)cc1C(=O)N(CC1CC1)C1CC1. The quantitative estimate of drug-likeness (QED) is 0.781. The molecule has 1 aromatic rings. The summed E-state index contributed by atoms with van der Waals surface area (Å²) in [5, 5.41) is 0. The van der Waals surface area contributed by atoms with E-state index in [4.69, 9.17) is 10.7 Å². The van der Waals surface area contributed by atoms with Crippen LogP contribution in [0.2, 0.25) is 0 Å². The monoisotopic (exact) mass is 327 g/mol. The Labute approximate surface area is 129 Å². The molecule has 0 saturated heterocycles. The molecule has 3 rings (SSSR count). The topological polar surface area (TPSA) is 54.5 Å². The van der Waals surface area contributed by atoms with Crippen LogP contribution in [-0.2, 0) is 9.05 Å². The molecule has 0 N–H and O–H groups in total. The third kappa shape index (κ3) is 3.40. The maximum Gasteiger partial charge on any atom is 0.261 e. The standard InChI is InChI=1S/C15H18ClNO3S/c1-10-2-7-13(21(16,19)20)8-14(10)15(18)17(12-5-6-12)9-11-3-4-11/h2,7-8,11-12H,3-6,9H2,1H3. The predicted octanol–water partition coefficient (Wildman–Crippen LogP) is 2.94. The van der Waals surface area contributed by atoms with E-state index in [1.807, 2.05) is 11.8 Å². The third-order valence-electron chi connectivity index (χ3n) is 4.12. The molecule has 0 atom stereocenters. The summed E-state index contributed by atoms with van der Waals surface area (Å²) in [6.07, 6.45) is 4.47. The smallest absolute Gasteiger partial charge is 0.261 e. The number of carbonyl (C=O) groups is 1. The van der Waals surface area contributed by atoms with Crippen molar-refractivity contribution in [1.82, 2.24) is 4.90 Å². The van der Waals surface area contributed by atoms with Crippen LogP contribution in [-0.4, -0.2) is 31.8 Å². The van der Waals surface area contributed by atoms with E-state index in [0.717, 1.165) is 24.9 Å². The fraction of sp³-hybridized carbons (Fsp3) is 0.533. The maximum absolute atomic E-state index is 12.8. The van der Waals surface area contributed by atoms with Gasteiger partial charge in [0.1, 0.15) is 0 Å². The number of rotatable bonds is 5. The lowest BCUT2D eigenvalue weighted by Crippen LogP contribution is -2.35. The number of carbonyl (C=O) groups excluding carboxylic acids is 1. The van der Waals surface area contributed by atoms with Crippen molar-refractivity contribution in [2.24, 2.45) is 5.92 Å². The van der Waals surface area contributed by atoms with Crippen molar-refractivity contribution in [2.75, 3.05) is 6.54 Å². The molecular weight excluding hydrogens is 310 g/mol. The molecule has 6 heteroatoms. The highest BCUT2D eigenvalue weighted by Gasteiger charge is 2.37. The Morgan fingerprint density at radius 2 is 1.95 bits per heavy atom. The number of hydrogen-bond acceptors (Lipinski definition) is 3. The van der Waals surface area contributed by atoms with Gasteiger partial charge in [-0.25, -0.2) is 8.42 Å². The molecule has 0 bridgehead atoms. The number of amides is 1. The van der Waals surface area contributed by atoms with Gasteiger partial charge in [-0.2, -0.15) is 0 Å². The summed E-state index contributed by atoms with van der Waals surface area (Å²) in [4.78, 5) is 14.7. The molecule has 0 unspecified atom stereocenters. The van der Waals surface area contributed by atoms with E-state index >= 15 is 0 Å². The number of halogens is 1. The van der Waals surface area contributed by atoms with Crippen molar-refractivity contribution in [3.8, 4) is 0 Å². The first-order chi connectivity index (χ1) is 9.86. The van der Waals surface area contributed by atoms with Crippen LogP contribution in [0.3, 0.4) is 0 Å². The van der Waals surface area contributed by atoms with Gasteiger partial charge >= 0.3 is 0 Å². The van der Waals surface area contributed by atoms with Gasteiger partial charge in [-0.15, -0.1) is 0 Å². The molecular formula is C15H18ClNO3S. The van der Waals surface area contributed by atoms with Crippen LogP contribution in [0, 0.1) is 12.8 Å². The highest BCUT2D eigenvalue weighted by molar-refractivity contribution is 8.13. The lowest BCUT2D eigenvalue weighted by Gasteiger charge is -2.23. The van der Waals surface area contributed by atoms with Crippen molar-refractivity contribution in [3.63, 3.8) is 0 Å². The molecule has 4 nitrogen and oxygen atoms in total. The fourth-order valence-electron chi connectivity index (χ4n) is 2.50. The average molecular weight is 328 g/mol. The second kappa shape index (κ2) is 5.29. The highest BCUT2D eigenvalue weighted by Crippen LogP contribution is 2.36. The van der Waals surface area contributed by atoms with E-state index in [1.54, 1.807) is 6.07 Å². The first kappa shape index (κ1) is 14.9. The molecule has 0 aromatic heterocycles. The zero-order valence-electron chi connectivity index (χ0n) is 11.9. The van der Waals surface area contributed by atoms with E-state index in [2.05, 4.69) is 0 Å². The Hall–Kier alpha value is -1.07. The van der Waals surface area contributed by atoms with Gasteiger partial charge in [0, 0.05) is 28.8 Å². The summed E-state index contributed by atoms with van der Waals surface area (Å²) in [5.74, 6) is 0.555. The number of nitrogens with zero attached hydrogens (tertiary/aromatic N) is 1. The molecule has 1 aromatic carbocycles. The van der Waals surface area contributed by atoms with Gasteiger partial charge in [0.05, 0.1) is 4.90 Å². The van der Waals surface area contributed by atoms with Crippen molar-refractivity contribution >= 4 is 25.6 Å². The summed E-state index contributed by atoms with van der Waals surface area (Å²) >= 11 is 0. The Morgan fingerprint density at radius 3 is 2.48 bits per heavy atom. The molecule has 0 radical (unpaired) electrons. The second-order valence-electron chi connectivity index (χ2n) is 6.05. The summed E-state index contributed by atoms with van der Waals surface area (Å²) in [7, 11) is 1.57. The van der Waals surface area contributed by atoms with Crippen molar-refractivity contribution in [3.05, 3.63) is 29.3 Å². The van der Waals surface area contributed by atoms with Gasteiger partial charge in [0.25, 0.3) is 15.0 Å². The number of benzene rings is 1. The number of aryl methyl sites for hydroxylation is 1. The normalized spacial score (nSPS) is 18.6. The summed E-state index contributed by atoms with van der Waals surface area (Å²) in [6.45, 7) is 2.61. The first-order valence-electron chi connectivity index (χ1n) is 7.22. The lowest BCUT2D eigenvalue weighted by molar-refractivity contribution is 0.0734. The molecule has 2 fully saturated rings. The first-order valence-corrected chi connectivity index (χ1v) is 9.53. The van der Waals surface area contributed by atoms with Crippen LogP contribution in [0.5, 0.6) is 0 Å². The lowest BCUT2D eigenvalue weighted by atomic mass is 10.1. The van der Waals surface area contributed by atoms with E-state index in [1.165, 1.54) is 25.0 Å². The maximum atomic E-state index is 12.8. The van der Waals surface area contributed by atoms with Crippen LogP contribution >= 0.6 is 10.7 Å². The molecule has 2 saturated carbocycles. The van der Waals surface area contributed by atoms with Crippen LogP contribution in [0.1, 0.15) is 41.6 Å². The Kier molecular flexibility index (Phi) is 3.74. The van der Waals surface area contributed by atoms with Gasteiger partial charge in [0.2, 0.25) is 0 Å². The van der Waals surface area contributed by atoms with Crippen LogP contribution in [0.25, 0.3) is 0 Å². The summed E-state index contributed by atoms with van der Waals surface area (Å²) < 4.78 is 22.9. The molecule has 114 valence electrons. The number of hydrogen-bond donors (Lipinski definition) is 0. The van der Waals surface area contributed by atoms with Crippen molar-refractivity contribution < 1.29 is 13.2 Å². The minimum atomic E-state index is -3.82. The van der Waals surface area contributed by atoms with Gasteiger partial charge < -0.3 is 4.90 Å². The molecule has 21 heavy (non-hydrogen) atoms. The molecule has 2 aliphatic rings. The van der Waals surface area contributed by atoms with Crippen molar-refractivity contribution in [2.45, 2.75) is 43.5 Å². The molecule has 0 heterocycles. The Morgan fingerprint density at radius 1 is 1.29 bits per heavy atom. The fourth-order valence-corrected chi connectivity index (χ4v) is 3.28. The van der Waals surface area contributed by atoms with Crippen LogP contribution in [0.4, 0.5) is 0 Å². The van der Waals surface area contributed by atoms with Gasteiger partial charge in [-0.05, 0) is 56.2 Å². The van der Waals surface area contributed by atoms with Gasteiger partial charge in [-0.3, -0.25) is 4.79 Å². The van der Waals surface area contributed by atoms with Crippen molar-refractivity contribution in [1.29, 1.82) is 0 Å². The average Bonchev–Trinajstić information content (AvgIpc) is 3.26.